The average molecular weight is 278 g/mol. The molecule has 0 bridgehead atoms. The number of allylic oxidation sites excluding steroid dienone is 3. The third-order valence-electron chi connectivity index (χ3n) is 2.59. The monoisotopic (exact) mass is 278 g/mol. The lowest BCUT2D eigenvalue weighted by atomic mass is 10.3. The van der Waals surface area contributed by atoms with Crippen LogP contribution in [0.5, 0.6) is 0 Å². The van der Waals surface area contributed by atoms with Gasteiger partial charge >= 0.3 is 5.69 Å². The molecule has 0 unspecified atom stereocenters. The summed E-state index contributed by atoms with van der Waals surface area (Å²) < 4.78 is 0.904. The van der Waals surface area contributed by atoms with Crippen LogP contribution in [0, 0.1) is 6.92 Å². The molecule has 0 aliphatic rings. The number of hydrogen-bond donors (Lipinski definition) is 3. The number of H-pyrrole nitrogens is 1. The summed E-state index contributed by atoms with van der Waals surface area (Å²) in [6, 6.07) is 0. The Hall–Kier alpha value is -2.28. The second kappa shape index (κ2) is 4.77. The smallest absolute Gasteiger partial charge is 0.335 e. The highest BCUT2D eigenvalue weighted by atomic mass is 32.1. The molecule has 2 aromatic rings. The molecule has 100 valence electrons. The van der Waals surface area contributed by atoms with Crippen molar-refractivity contribution in [2.24, 2.45) is 11.5 Å². The second-order valence-electron chi connectivity index (χ2n) is 4.20. The molecular formula is C12H14N4O2S. The van der Waals surface area contributed by atoms with Gasteiger partial charge in [0.05, 0.1) is 5.39 Å². The Labute approximate surface area is 112 Å². The molecule has 19 heavy (non-hydrogen) atoms. The molecular weight excluding hydrogens is 264 g/mol. The maximum atomic E-state index is 12.3. The van der Waals surface area contributed by atoms with Crippen LogP contribution in [0.1, 0.15) is 12.5 Å². The van der Waals surface area contributed by atoms with E-state index in [1.54, 1.807) is 6.92 Å². The number of hydrogen-bond acceptors (Lipinski definition) is 5. The first-order valence-electron chi connectivity index (χ1n) is 5.55. The lowest BCUT2D eigenvalue weighted by Crippen LogP contribution is -2.36. The lowest BCUT2D eigenvalue weighted by Gasteiger charge is -2.04. The Morgan fingerprint density at radius 1 is 1.37 bits per heavy atom. The van der Waals surface area contributed by atoms with Crippen LogP contribution in [-0.2, 0) is 0 Å². The van der Waals surface area contributed by atoms with Crippen LogP contribution < -0.4 is 22.7 Å². The number of fused-ring (bicyclic) bond motifs is 1. The molecule has 0 aliphatic heterocycles. The molecule has 0 aromatic carbocycles. The zero-order chi connectivity index (χ0) is 14.2. The van der Waals surface area contributed by atoms with Crippen molar-refractivity contribution in [1.82, 2.24) is 9.55 Å². The minimum atomic E-state index is -0.559. The van der Waals surface area contributed by atoms with Gasteiger partial charge in [-0.15, -0.1) is 11.3 Å². The zero-order valence-corrected chi connectivity index (χ0v) is 11.4. The van der Waals surface area contributed by atoms with Gasteiger partial charge in [0.1, 0.15) is 10.7 Å². The van der Waals surface area contributed by atoms with Crippen molar-refractivity contribution in [1.29, 1.82) is 0 Å². The molecule has 2 aromatic heterocycles. The van der Waals surface area contributed by atoms with E-state index >= 15 is 0 Å². The van der Waals surface area contributed by atoms with Crippen LogP contribution >= 0.6 is 11.3 Å². The van der Waals surface area contributed by atoms with Gasteiger partial charge in [-0.1, -0.05) is 0 Å². The van der Waals surface area contributed by atoms with Crippen LogP contribution in [-0.4, -0.2) is 9.55 Å². The molecule has 0 saturated heterocycles. The van der Waals surface area contributed by atoms with Gasteiger partial charge in [-0.2, -0.15) is 0 Å². The van der Waals surface area contributed by atoms with Crippen molar-refractivity contribution >= 4 is 27.4 Å². The quantitative estimate of drug-likeness (QED) is 0.702. The van der Waals surface area contributed by atoms with E-state index in [2.05, 4.69) is 4.98 Å². The van der Waals surface area contributed by atoms with Gasteiger partial charge in [0, 0.05) is 5.70 Å². The molecule has 6 nitrogen and oxygen atoms in total. The lowest BCUT2D eigenvalue weighted by molar-refractivity contribution is 0.909. The average Bonchev–Trinajstić information content (AvgIpc) is 2.68. The van der Waals surface area contributed by atoms with Gasteiger partial charge in [0.15, 0.2) is 0 Å². The van der Waals surface area contributed by atoms with Crippen molar-refractivity contribution in [2.75, 3.05) is 0 Å². The Morgan fingerprint density at radius 2 is 2.05 bits per heavy atom. The fourth-order valence-electron chi connectivity index (χ4n) is 1.68. The van der Waals surface area contributed by atoms with E-state index in [9.17, 15) is 9.59 Å². The van der Waals surface area contributed by atoms with E-state index in [1.165, 1.54) is 23.5 Å². The highest BCUT2D eigenvalue weighted by Gasteiger charge is 2.12. The van der Waals surface area contributed by atoms with E-state index < -0.39 is 11.2 Å². The SMILES string of the molecule is C/C(N)=C/C=C(\N)n1c(=O)[nH]c2scc(C)c2c1=O. The Bertz CT molecular complexity index is 803. The minimum absolute atomic E-state index is 0.0311. The highest BCUT2D eigenvalue weighted by Crippen LogP contribution is 2.18. The van der Waals surface area contributed by atoms with E-state index in [1.807, 2.05) is 12.3 Å². The number of nitrogens with two attached hydrogens (primary N) is 2. The van der Waals surface area contributed by atoms with Gasteiger partial charge in [-0.25, -0.2) is 9.36 Å². The maximum Gasteiger partial charge on any atom is 0.335 e. The fourth-order valence-corrected chi connectivity index (χ4v) is 2.61. The third kappa shape index (κ3) is 2.32. The van der Waals surface area contributed by atoms with Crippen molar-refractivity contribution in [3.8, 4) is 0 Å². The van der Waals surface area contributed by atoms with Gasteiger partial charge < -0.3 is 11.5 Å². The summed E-state index contributed by atoms with van der Waals surface area (Å²) >= 11 is 1.32. The number of nitrogens with zero attached hydrogens (tertiary/aromatic N) is 1. The molecule has 5 N–H and O–H groups in total. The van der Waals surface area contributed by atoms with E-state index in [0.29, 0.717) is 15.9 Å². The summed E-state index contributed by atoms with van der Waals surface area (Å²) in [5, 5.41) is 2.30. The molecule has 0 aliphatic carbocycles. The molecule has 2 rings (SSSR count). The third-order valence-corrected chi connectivity index (χ3v) is 3.60. The summed E-state index contributed by atoms with van der Waals surface area (Å²) in [6.45, 7) is 3.50. The van der Waals surface area contributed by atoms with Crippen LogP contribution in [0.15, 0.2) is 32.8 Å². The second-order valence-corrected chi connectivity index (χ2v) is 5.08. The highest BCUT2D eigenvalue weighted by molar-refractivity contribution is 7.16. The largest absolute Gasteiger partial charge is 0.402 e. The molecule has 0 atom stereocenters. The van der Waals surface area contributed by atoms with Crippen LogP contribution in [0.25, 0.3) is 16.0 Å². The predicted octanol–water partition coefficient (Wildman–Crippen LogP) is 0.679. The van der Waals surface area contributed by atoms with E-state index in [4.69, 9.17) is 11.5 Å². The van der Waals surface area contributed by atoms with Gasteiger partial charge in [-0.05, 0) is 36.9 Å². The minimum Gasteiger partial charge on any atom is -0.402 e. The summed E-state index contributed by atoms with van der Waals surface area (Å²) in [6.07, 6.45) is 2.96. The molecule has 0 radical (unpaired) electrons. The molecule has 0 amide bonds. The van der Waals surface area contributed by atoms with Gasteiger partial charge in [0.2, 0.25) is 0 Å². The van der Waals surface area contributed by atoms with Gasteiger partial charge in [-0.3, -0.25) is 9.78 Å². The summed E-state index contributed by atoms with van der Waals surface area (Å²) in [7, 11) is 0. The first-order valence-corrected chi connectivity index (χ1v) is 6.43. The van der Waals surface area contributed by atoms with Crippen LogP contribution in [0.2, 0.25) is 0 Å². The van der Waals surface area contributed by atoms with Gasteiger partial charge in [0.25, 0.3) is 5.56 Å². The standard InChI is InChI=1S/C12H14N4O2S/c1-6-5-19-10-9(6)11(17)16(12(18)15-10)8(14)4-3-7(2)13/h3-5H,13-14H2,1-2H3,(H,15,18)/b7-3-,8-4+. The number of thiophene rings is 1. The number of nitrogens with one attached hydrogen (secondary N) is 1. The molecule has 0 spiro atoms. The number of aromatic nitrogens is 2. The number of rotatable bonds is 2. The van der Waals surface area contributed by atoms with Crippen LogP contribution in [0.3, 0.4) is 0 Å². The van der Waals surface area contributed by atoms with Crippen molar-refractivity contribution in [3.63, 3.8) is 0 Å². The Morgan fingerprint density at radius 3 is 2.68 bits per heavy atom. The molecule has 0 fully saturated rings. The van der Waals surface area contributed by atoms with Crippen molar-refractivity contribution < 1.29 is 0 Å². The first kappa shape index (κ1) is 13.2. The van der Waals surface area contributed by atoms with E-state index in [-0.39, 0.29) is 5.82 Å². The summed E-state index contributed by atoms with van der Waals surface area (Å²) in [4.78, 5) is 27.4. The summed E-state index contributed by atoms with van der Waals surface area (Å²) in [5.41, 5.74) is 11.6. The molecule has 2 heterocycles. The summed E-state index contributed by atoms with van der Waals surface area (Å²) in [5.74, 6) is 0.0311. The molecule has 0 saturated carbocycles. The first-order chi connectivity index (χ1) is 8.91. The maximum absolute atomic E-state index is 12.3. The van der Waals surface area contributed by atoms with E-state index in [0.717, 1.165) is 10.1 Å². The Balaban J connectivity index is 2.78. The van der Waals surface area contributed by atoms with Crippen molar-refractivity contribution in [3.05, 3.63) is 49.6 Å². The predicted molar refractivity (Wildman–Crippen MR) is 77.8 cm³/mol. The fraction of sp³-hybridized carbons (Fsp3) is 0.167. The molecule has 7 heteroatoms. The zero-order valence-electron chi connectivity index (χ0n) is 10.6. The van der Waals surface area contributed by atoms with Crippen molar-refractivity contribution in [2.45, 2.75) is 13.8 Å². The number of aromatic amines is 1. The number of aryl methyl sites for hydroxylation is 1. The van der Waals surface area contributed by atoms with Crippen LogP contribution in [0.4, 0.5) is 0 Å². The Kier molecular flexibility index (Phi) is 3.30. The topological polar surface area (TPSA) is 107 Å². The normalized spacial score (nSPS) is 13.2.